The third kappa shape index (κ3) is 1.53. The van der Waals surface area contributed by atoms with Gasteiger partial charge in [0.1, 0.15) is 5.75 Å². The molecule has 1 saturated heterocycles. The van der Waals surface area contributed by atoms with Gasteiger partial charge < -0.3 is 10.1 Å². The van der Waals surface area contributed by atoms with E-state index in [4.69, 9.17) is 4.74 Å². The number of benzene rings is 1. The average Bonchev–Trinajstić information content (AvgIpc) is 2.92. The first-order valence-electron chi connectivity index (χ1n) is 5.40. The quantitative estimate of drug-likeness (QED) is 0.752. The zero-order valence-electron chi connectivity index (χ0n) is 10.2. The Labute approximate surface area is 91.6 Å². The SMILES string of the molecule is COc1c(C)cc(C2(C)CN2)c(C)c1C. The van der Waals surface area contributed by atoms with E-state index in [1.165, 1.54) is 22.3 Å². The fraction of sp³-hybridized carbons (Fsp3) is 0.538. The Bertz CT molecular complexity index is 405. The lowest BCUT2D eigenvalue weighted by Gasteiger charge is -2.18. The second-order valence-corrected chi connectivity index (χ2v) is 4.71. The topological polar surface area (TPSA) is 31.2 Å². The molecule has 1 aromatic carbocycles. The van der Waals surface area contributed by atoms with Crippen LogP contribution in [0.5, 0.6) is 5.75 Å². The number of ether oxygens (including phenoxy) is 1. The van der Waals surface area contributed by atoms with Crippen molar-refractivity contribution in [2.24, 2.45) is 0 Å². The van der Waals surface area contributed by atoms with Crippen molar-refractivity contribution < 1.29 is 4.74 Å². The van der Waals surface area contributed by atoms with Crippen LogP contribution in [0.4, 0.5) is 0 Å². The molecule has 1 aliphatic heterocycles. The summed E-state index contributed by atoms with van der Waals surface area (Å²) < 4.78 is 5.42. The first-order chi connectivity index (χ1) is 6.99. The van der Waals surface area contributed by atoms with E-state index in [1.54, 1.807) is 7.11 Å². The van der Waals surface area contributed by atoms with Crippen LogP contribution in [0.15, 0.2) is 6.07 Å². The van der Waals surface area contributed by atoms with Gasteiger partial charge in [0, 0.05) is 6.54 Å². The lowest BCUT2D eigenvalue weighted by molar-refractivity contribution is 0.407. The first kappa shape index (κ1) is 10.5. The van der Waals surface area contributed by atoms with Crippen LogP contribution in [-0.2, 0) is 5.54 Å². The summed E-state index contributed by atoms with van der Waals surface area (Å²) in [7, 11) is 1.74. The molecule has 0 saturated carbocycles. The molecule has 2 heteroatoms. The van der Waals surface area contributed by atoms with Crippen LogP contribution >= 0.6 is 0 Å². The van der Waals surface area contributed by atoms with Gasteiger partial charge in [-0.25, -0.2) is 0 Å². The minimum Gasteiger partial charge on any atom is -0.496 e. The predicted molar refractivity (Wildman–Crippen MR) is 62.6 cm³/mol. The molecule has 1 atom stereocenters. The number of nitrogens with one attached hydrogen (secondary N) is 1. The monoisotopic (exact) mass is 205 g/mol. The van der Waals surface area contributed by atoms with Gasteiger partial charge in [0.2, 0.25) is 0 Å². The van der Waals surface area contributed by atoms with Gasteiger partial charge in [-0.05, 0) is 49.9 Å². The number of hydrogen-bond donors (Lipinski definition) is 1. The van der Waals surface area contributed by atoms with Gasteiger partial charge in [-0.3, -0.25) is 0 Å². The minimum absolute atomic E-state index is 0.200. The zero-order chi connectivity index (χ0) is 11.2. The molecule has 1 fully saturated rings. The van der Waals surface area contributed by atoms with E-state index in [1.807, 2.05) is 0 Å². The molecule has 1 N–H and O–H groups in total. The van der Waals surface area contributed by atoms with Crippen LogP contribution in [-0.4, -0.2) is 13.7 Å². The lowest BCUT2D eigenvalue weighted by atomic mass is 9.90. The molecule has 1 aromatic rings. The van der Waals surface area contributed by atoms with Gasteiger partial charge >= 0.3 is 0 Å². The molecule has 0 bridgehead atoms. The second-order valence-electron chi connectivity index (χ2n) is 4.71. The highest BCUT2D eigenvalue weighted by Gasteiger charge is 2.40. The van der Waals surface area contributed by atoms with Crippen molar-refractivity contribution in [2.75, 3.05) is 13.7 Å². The van der Waals surface area contributed by atoms with Gasteiger partial charge in [-0.2, -0.15) is 0 Å². The van der Waals surface area contributed by atoms with Crippen molar-refractivity contribution >= 4 is 0 Å². The van der Waals surface area contributed by atoms with Crippen molar-refractivity contribution in [1.29, 1.82) is 0 Å². The standard InChI is InChI=1S/C13H19NO/c1-8-6-11(13(4)7-14-13)9(2)10(3)12(8)15-5/h6,14H,7H2,1-5H3. The Hall–Kier alpha value is -1.02. The molecule has 1 heterocycles. The molecule has 0 aromatic heterocycles. The fourth-order valence-corrected chi connectivity index (χ4v) is 2.27. The highest BCUT2D eigenvalue weighted by molar-refractivity contribution is 5.52. The molecule has 2 rings (SSSR count). The summed E-state index contributed by atoms with van der Waals surface area (Å²) in [5.41, 5.74) is 5.46. The maximum absolute atomic E-state index is 5.42. The minimum atomic E-state index is 0.200. The first-order valence-corrected chi connectivity index (χ1v) is 5.40. The smallest absolute Gasteiger partial charge is 0.124 e. The summed E-state index contributed by atoms with van der Waals surface area (Å²) >= 11 is 0. The van der Waals surface area contributed by atoms with Crippen molar-refractivity contribution in [3.63, 3.8) is 0 Å². The highest BCUT2D eigenvalue weighted by Crippen LogP contribution is 2.38. The second kappa shape index (κ2) is 3.24. The summed E-state index contributed by atoms with van der Waals surface area (Å²) in [5.74, 6) is 1.03. The Balaban J connectivity index is 2.59. The molecule has 1 unspecified atom stereocenters. The number of hydrogen-bond acceptors (Lipinski definition) is 2. The van der Waals surface area contributed by atoms with Crippen molar-refractivity contribution in [3.05, 3.63) is 28.3 Å². The van der Waals surface area contributed by atoms with Crippen molar-refractivity contribution in [2.45, 2.75) is 33.2 Å². The van der Waals surface area contributed by atoms with Gasteiger partial charge in [0.05, 0.1) is 12.6 Å². The molecule has 0 radical (unpaired) electrons. The summed E-state index contributed by atoms with van der Waals surface area (Å²) in [6, 6.07) is 2.25. The Morgan fingerprint density at radius 1 is 1.27 bits per heavy atom. The normalized spacial score (nSPS) is 24.1. The molecular weight excluding hydrogens is 186 g/mol. The van der Waals surface area contributed by atoms with Crippen LogP contribution in [0.1, 0.15) is 29.2 Å². The van der Waals surface area contributed by atoms with E-state index in [9.17, 15) is 0 Å². The van der Waals surface area contributed by atoms with Crippen molar-refractivity contribution in [3.8, 4) is 5.75 Å². The zero-order valence-corrected chi connectivity index (χ0v) is 10.2. The molecule has 2 nitrogen and oxygen atoms in total. The molecule has 0 amide bonds. The third-order valence-electron chi connectivity index (χ3n) is 3.53. The maximum atomic E-state index is 5.42. The molecule has 82 valence electrons. The molecular formula is C13H19NO. The largest absolute Gasteiger partial charge is 0.496 e. The van der Waals surface area contributed by atoms with Crippen molar-refractivity contribution in [1.82, 2.24) is 5.32 Å². The van der Waals surface area contributed by atoms with E-state index in [0.29, 0.717) is 0 Å². The molecule has 1 aliphatic rings. The van der Waals surface area contributed by atoms with E-state index in [2.05, 4.69) is 39.1 Å². The number of methoxy groups -OCH3 is 1. The van der Waals surface area contributed by atoms with Crippen LogP contribution in [0, 0.1) is 20.8 Å². The summed E-state index contributed by atoms with van der Waals surface area (Å²) in [5, 5.41) is 3.42. The van der Waals surface area contributed by atoms with E-state index in [0.717, 1.165) is 12.3 Å². The highest BCUT2D eigenvalue weighted by atomic mass is 16.5. The fourth-order valence-electron chi connectivity index (χ4n) is 2.27. The van der Waals surface area contributed by atoms with Crippen LogP contribution in [0.2, 0.25) is 0 Å². The third-order valence-corrected chi connectivity index (χ3v) is 3.53. The maximum Gasteiger partial charge on any atom is 0.124 e. The Morgan fingerprint density at radius 2 is 1.87 bits per heavy atom. The van der Waals surface area contributed by atoms with Gasteiger partial charge in [0.15, 0.2) is 0 Å². The summed E-state index contributed by atoms with van der Waals surface area (Å²) in [6.45, 7) is 9.76. The summed E-state index contributed by atoms with van der Waals surface area (Å²) in [6.07, 6.45) is 0. The molecule has 15 heavy (non-hydrogen) atoms. The van der Waals surface area contributed by atoms with E-state index in [-0.39, 0.29) is 5.54 Å². The van der Waals surface area contributed by atoms with E-state index >= 15 is 0 Å². The van der Waals surface area contributed by atoms with Crippen LogP contribution < -0.4 is 10.1 Å². The van der Waals surface area contributed by atoms with Crippen LogP contribution in [0.25, 0.3) is 0 Å². The Kier molecular flexibility index (Phi) is 2.27. The average molecular weight is 205 g/mol. The van der Waals surface area contributed by atoms with E-state index < -0.39 is 0 Å². The number of aryl methyl sites for hydroxylation is 1. The predicted octanol–water partition coefficient (Wildman–Crippen LogP) is 2.44. The van der Waals surface area contributed by atoms with Crippen LogP contribution in [0.3, 0.4) is 0 Å². The van der Waals surface area contributed by atoms with Gasteiger partial charge in [-0.15, -0.1) is 0 Å². The van der Waals surface area contributed by atoms with Gasteiger partial charge in [-0.1, -0.05) is 6.07 Å². The van der Waals surface area contributed by atoms with Gasteiger partial charge in [0.25, 0.3) is 0 Å². The lowest BCUT2D eigenvalue weighted by Crippen LogP contribution is -2.11. The molecule has 0 aliphatic carbocycles. The molecule has 0 spiro atoms. The Morgan fingerprint density at radius 3 is 2.33 bits per heavy atom. The summed E-state index contributed by atoms with van der Waals surface area (Å²) in [4.78, 5) is 0. The number of rotatable bonds is 2.